The number of hydrogen-bond donors (Lipinski definition) is 3. The Bertz CT molecular complexity index is 833. The molecule has 0 aromatic rings. The van der Waals surface area contributed by atoms with E-state index in [1.807, 2.05) is 0 Å². The largest absolute Gasteiger partial charge is 0.393 e. The summed E-state index contributed by atoms with van der Waals surface area (Å²) in [5, 5.41) is 29.8. The van der Waals surface area contributed by atoms with E-state index >= 15 is 0 Å². The van der Waals surface area contributed by atoms with Gasteiger partial charge in [-0.05, 0) is 86.7 Å². The third kappa shape index (κ3) is 5.04. The van der Waals surface area contributed by atoms with Crippen molar-refractivity contribution in [2.24, 2.45) is 17.3 Å². The fourth-order valence-corrected chi connectivity index (χ4v) is 5.25. The molecule has 3 fully saturated rings. The van der Waals surface area contributed by atoms with Crippen molar-refractivity contribution in [2.75, 3.05) is 0 Å². The summed E-state index contributed by atoms with van der Waals surface area (Å²) in [5.74, 6) is 12.8. The fourth-order valence-electron chi connectivity index (χ4n) is 5.25. The van der Waals surface area contributed by atoms with E-state index in [0.29, 0.717) is 24.7 Å². The second-order valence-corrected chi connectivity index (χ2v) is 9.69. The molecule has 3 rings (SSSR count). The van der Waals surface area contributed by atoms with Gasteiger partial charge in [0, 0.05) is 12.3 Å². The molecule has 3 aliphatic rings. The normalized spacial score (nSPS) is 37.5. The van der Waals surface area contributed by atoms with Gasteiger partial charge in [-0.3, -0.25) is 0 Å². The van der Waals surface area contributed by atoms with Gasteiger partial charge >= 0.3 is 0 Å². The molecule has 0 amide bonds. The zero-order chi connectivity index (χ0) is 21.2. The highest BCUT2D eigenvalue weighted by molar-refractivity contribution is 5.39. The van der Waals surface area contributed by atoms with Crippen LogP contribution in [0.25, 0.3) is 0 Å². The van der Waals surface area contributed by atoms with Crippen molar-refractivity contribution in [3.05, 3.63) is 35.5 Å². The van der Waals surface area contributed by atoms with Crippen molar-refractivity contribution in [1.82, 2.24) is 0 Å². The molecule has 0 aromatic carbocycles. The lowest BCUT2D eigenvalue weighted by Gasteiger charge is -2.40. The molecule has 0 aliphatic heterocycles. The fraction of sp³-hybridized carbons (Fsp3) is 0.615. The molecular weight excluding hydrogens is 360 g/mol. The molecule has 0 saturated heterocycles. The number of allylic oxidation sites excluding steroid dienone is 3. The Morgan fingerprint density at radius 3 is 2.66 bits per heavy atom. The van der Waals surface area contributed by atoms with Gasteiger partial charge in [-0.25, -0.2) is 0 Å². The van der Waals surface area contributed by atoms with E-state index in [0.717, 1.165) is 36.8 Å². The van der Waals surface area contributed by atoms with Crippen LogP contribution in [0.1, 0.15) is 65.7 Å². The Balaban J connectivity index is 1.78. The molecule has 156 valence electrons. The van der Waals surface area contributed by atoms with Crippen molar-refractivity contribution in [1.29, 1.82) is 0 Å². The average Bonchev–Trinajstić information content (AvgIpc) is 2.96. The molecule has 0 radical (unpaired) electrons. The maximum Gasteiger partial charge on any atom is 0.120 e. The van der Waals surface area contributed by atoms with Gasteiger partial charge in [-0.2, -0.15) is 0 Å². The molecule has 0 spiro atoms. The number of aliphatic hydroxyl groups is 3. The Morgan fingerprint density at radius 1 is 1.17 bits per heavy atom. The zero-order valence-electron chi connectivity index (χ0n) is 18.0. The van der Waals surface area contributed by atoms with Crippen LogP contribution in [0.3, 0.4) is 0 Å². The molecular formula is C26H34O3. The summed E-state index contributed by atoms with van der Waals surface area (Å²) in [5.41, 5.74) is 2.32. The first-order valence-corrected chi connectivity index (χ1v) is 10.8. The standard InChI is InChI=1S/C26H34O3/c1-18-20(16-22(27)17-24(18)28)11-10-19-8-7-15-26(4)21(12-13-23(19)26)9-5-6-14-25(2,3)29/h10-11,21-24,27-29H,1,7-8,12-13,15-17H2,2-4H3/b19-10+,20-11-/t21-,22+,23-,24-,26+/m0/s1. The second-order valence-electron chi connectivity index (χ2n) is 9.69. The van der Waals surface area contributed by atoms with E-state index in [4.69, 9.17) is 0 Å². The van der Waals surface area contributed by atoms with Crippen molar-refractivity contribution in [3.63, 3.8) is 0 Å². The van der Waals surface area contributed by atoms with Gasteiger partial charge in [0.25, 0.3) is 0 Å². The lowest BCUT2D eigenvalue weighted by molar-refractivity contribution is 0.0862. The highest BCUT2D eigenvalue weighted by atomic mass is 16.3. The van der Waals surface area contributed by atoms with Gasteiger partial charge in [-0.1, -0.05) is 43.1 Å². The maximum atomic E-state index is 10.1. The van der Waals surface area contributed by atoms with E-state index in [2.05, 4.69) is 49.3 Å². The minimum atomic E-state index is -1.00. The predicted octanol–water partition coefficient (Wildman–Crippen LogP) is 3.91. The Labute approximate surface area is 175 Å². The zero-order valence-corrected chi connectivity index (χ0v) is 18.0. The number of fused-ring (bicyclic) bond motifs is 1. The molecule has 0 heterocycles. The minimum Gasteiger partial charge on any atom is -0.393 e. The monoisotopic (exact) mass is 394 g/mol. The van der Waals surface area contributed by atoms with Gasteiger partial charge < -0.3 is 15.3 Å². The molecule has 0 bridgehead atoms. The summed E-state index contributed by atoms with van der Waals surface area (Å²) >= 11 is 0. The first-order chi connectivity index (χ1) is 13.6. The van der Waals surface area contributed by atoms with Crippen LogP contribution in [-0.4, -0.2) is 33.1 Å². The van der Waals surface area contributed by atoms with Gasteiger partial charge in [0.2, 0.25) is 0 Å². The van der Waals surface area contributed by atoms with Gasteiger partial charge in [0.1, 0.15) is 5.60 Å². The smallest absolute Gasteiger partial charge is 0.120 e. The van der Waals surface area contributed by atoms with Crippen LogP contribution < -0.4 is 0 Å². The van der Waals surface area contributed by atoms with Crippen LogP contribution in [0, 0.1) is 40.9 Å². The van der Waals surface area contributed by atoms with Crippen LogP contribution in [-0.2, 0) is 0 Å². The van der Waals surface area contributed by atoms with Gasteiger partial charge in [0.05, 0.1) is 12.2 Å². The van der Waals surface area contributed by atoms with Gasteiger partial charge in [0.15, 0.2) is 0 Å². The minimum absolute atomic E-state index is 0.161. The van der Waals surface area contributed by atoms with Crippen LogP contribution >= 0.6 is 0 Å². The number of hydrogen-bond acceptors (Lipinski definition) is 3. The van der Waals surface area contributed by atoms with E-state index in [-0.39, 0.29) is 5.41 Å². The van der Waals surface area contributed by atoms with Crippen molar-refractivity contribution >= 4 is 0 Å². The molecule has 3 nitrogen and oxygen atoms in total. The second kappa shape index (κ2) is 8.53. The first-order valence-electron chi connectivity index (χ1n) is 10.8. The third-order valence-electron chi connectivity index (χ3n) is 6.91. The van der Waals surface area contributed by atoms with Crippen LogP contribution in [0.15, 0.2) is 35.5 Å². The molecule has 0 unspecified atom stereocenters. The van der Waals surface area contributed by atoms with Crippen LogP contribution in [0.4, 0.5) is 0 Å². The van der Waals surface area contributed by atoms with Crippen molar-refractivity contribution in [2.45, 2.75) is 83.5 Å². The molecule has 3 heteroatoms. The SMILES string of the molecule is C=C1/C(=C\C=C2/CCC[C@]3(C)[C@@H](C#CC#CC(C)(C)O)CC[C@@H]23)C[C@@H](O)C[C@@H]1O. The lowest BCUT2D eigenvalue weighted by Crippen LogP contribution is -2.32. The summed E-state index contributed by atoms with van der Waals surface area (Å²) in [7, 11) is 0. The number of rotatable bonds is 1. The van der Waals surface area contributed by atoms with E-state index < -0.39 is 17.8 Å². The van der Waals surface area contributed by atoms with E-state index in [9.17, 15) is 15.3 Å². The Kier molecular flexibility index (Phi) is 6.45. The van der Waals surface area contributed by atoms with Crippen LogP contribution in [0.2, 0.25) is 0 Å². The molecule has 3 N–H and O–H groups in total. The Hall–Kier alpha value is -1.78. The molecule has 0 aromatic heterocycles. The molecule has 29 heavy (non-hydrogen) atoms. The molecule has 3 saturated carbocycles. The van der Waals surface area contributed by atoms with Crippen molar-refractivity contribution in [3.8, 4) is 23.7 Å². The topological polar surface area (TPSA) is 60.7 Å². The Morgan fingerprint density at radius 2 is 1.93 bits per heavy atom. The maximum absolute atomic E-state index is 10.1. The average molecular weight is 395 g/mol. The summed E-state index contributed by atoms with van der Waals surface area (Å²) in [6.45, 7) is 9.71. The first kappa shape index (κ1) is 21.9. The van der Waals surface area contributed by atoms with E-state index in [1.54, 1.807) is 13.8 Å². The summed E-state index contributed by atoms with van der Waals surface area (Å²) in [6.07, 6.45) is 9.74. The highest BCUT2D eigenvalue weighted by Crippen LogP contribution is 2.57. The molecule has 5 atom stereocenters. The highest BCUT2D eigenvalue weighted by Gasteiger charge is 2.48. The summed E-state index contributed by atoms with van der Waals surface area (Å²) in [4.78, 5) is 0. The van der Waals surface area contributed by atoms with Crippen molar-refractivity contribution < 1.29 is 15.3 Å². The predicted molar refractivity (Wildman–Crippen MR) is 117 cm³/mol. The van der Waals surface area contributed by atoms with E-state index in [1.165, 1.54) is 12.0 Å². The number of aliphatic hydroxyl groups excluding tert-OH is 2. The molecule has 3 aliphatic carbocycles. The quantitative estimate of drug-likeness (QED) is 0.591. The summed E-state index contributed by atoms with van der Waals surface area (Å²) in [6, 6.07) is 0. The van der Waals surface area contributed by atoms with Gasteiger partial charge in [-0.15, -0.1) is 0 Å². The van der Waals surface area contributed by atoms with Crippen LogP contribution in [0.5, 0.6) is 0 Å². The lowest BCUT2D eigenvalue weighted by atomic mass is 9.63. The summed E-state index contributed by atoms with van der Waals surface area (Å²) < 4.78 is 0. The third-order valence-corrected chi connectivity index (χ3v) is 6.91.